The summed E-state index contributed by atoms with van der Waals surface area (Å²) in [6.07, 6.45) is 2.29. The first-order valence-corrected chi connectivity index (χ1v) is 8.41. The van der Waals surface area contributed by atoms with E-state index in [1.807, 2.05) is 6.07 Å². The van der Waals surface area contributed by atoms with Gasteiger partial charge in [0, 0.05) is 12.6 Å². The summed E-state index contributed by atoms with van der Waals surface area (Å²) in [4.78, 5) is 16.1. The number of amides is 1. The first-order chi connectivity index (χ1) is 11.3. The maximum atomic E-state index is 12.2. The number of pyridine rings is 1. The highest BCUT2D eigenvalue weighted by Gasteiger charge is 2.25. The van der Waals surface area contributed by atoms with Crippen LogP contribution in [0.4, 0.5) is 0 Å². The molecule has 0 saturated carbocycles. The largest absolute Gasteiger partial charge is 0.488 e. The first-order valence-electron chi connectivity index (χ1n) is 8.03. The third-order valence-electron chi connectivity index (χ3n) is 4.16. The zero-order chi connectivity index (χ0) is 17.3. The summed E-state index contributed by atoms with van der Waals surface area (Å²) < 4.78 is 5.93. The molecule has 1 unspecified atom stereocenters. The summed E-state index contributed by atoms with van der Waals surface area (Å²) in [5, 5.41) is 3.08. The van der Waals surface area contributed by atoms with Gasteiger partial charge in [-0.3, -0.25) is 4.79 Å². The van der Waals surface area contributed by atoms with Gasteiger partial charge in [0.1, 0.15) is 17.0 Å². The fourth-order valence-corrected chi connectivity index (χ4v) is 2.96. The van der Waals surface area contributed by atoms with Crippen molar-refractivity contribution >= 4 is 17.5 Å². The lowest BCUT2D eigenvalue weighted by Gasteiger charge is -2.19. The summed E-state index contributed by atoms with van der Waals surface area (Å²) in [5.41, 5.74) is 2.97. The molecule has 0 spiro atoms. The van der Waals surface area contributed by atoms with E-state index in [-0.39, 0.29) is 22.6 Å². The molecule has 0 radical (unpaired) electrons. The van der Waals surface area contributed by atoms with E-state index in [1.165, 1.54) is 11.1 Å². The van der Waals surface area contributed by atoms with Gasteiger partial charge in [0.15, 0.2) is 0 Å². The number of fused-ring (bicyclic) bond motifs is 1. The van der Waals surface area contributed by atoms with E-state index in [4.69, 9.17) is 16.3 Å². The van der Waals surface area contributed by atoms with Gasteiger partial charge in [-0.2, -0.15) is 0 Å². The van der Waals surface area contributed by atoms with Crippen LogP contribution in [0.1, 0.15) is 42.3 Å². The molecule has 1 N–H and O–H groups in total. The van der Waals surface area contributed by atoms with Crippen molar-refractivity contribution in [2.24, 2.45) is 0 Å². The first kappa shape index (κ1) is 16.8. The Morgan fingerprint density at radius 2 is 2.17 bits per heavy atom. The summed E-state index contributed by atoms with van der Waals surface area (Å²) in [7, 11) is 0. The number of carbonyl (C=O) groups excluding carboxylic acids is 1. The Bertz CT molecular complexity index is 768. The Labute approximate surface area is 147 Å². The second-order valence-electron chi connectivity index (χ2n) is 7.07. The van der Waals surface area contributed by atoms with Gasteiger partial charge < -0.3 is 10.1 Å². The van der Waals surface area contributed by atoms with Gasteiger partial charge in [-0.15, -0.1) is 0 Å². The fraction of sp³-hybridized carbons (Fsp3) is 0.368. The molecule has 0 bridgehead atoms. The molecule has 5 heteroatoms. The quantitative estimate of drug-likeness (QED) is 0.862. The molecule has 126 valence electrons. The minimum absolute atomic E-state index is 0.0605. The van der Waals surface area contributed by atoms with Crippen LogP contribution in [0.2, 0.25) is 5.15 Å². The highest BCUT2D eigenvalue weighted by atomic mass is 35.5. The van der Waals surface area contributed by atoms with Crippen molar-refractivity contribution in [2.45, 2.75) is 38.7 Å². The summed E-state index contributed by atoms with van der Waals surface area (Å²) >= 11 is 5.94. The molecule has 1 atom stereocenters. The van der Waals surface area contributed by atoms with Crippen molar-refractivity contribution in [3.63, 3.8) is 0 Å². The van der Waals surface area contributed by atoms with Gasteiger partial charge >= 0.3 is 0 Å². The lowest BCUT2D eigenvalue weighted by Crippen LogP contribution is -2.34. The number of nitrogens with zero attached hydrogens (tertiary/aromatic N) is 1. The molecule has 0 aliphatic carbocycles. The number of carbonyl (C=O) groups is 1. The number of rotatable bonds is 3. The number of hydrogen-bond acceptors (Lipinski definition) is 3. The van der Waals surface area contributed by atoms with Crippen molar-refractivity contribution in [1.29, 1.82) is 0 Å². The Morgan fingerprint density at radius 3 is 2.88 bits per heavy atom. The normalized spacial score (nSPS) is 16.4. The second kappa shape index (κ2) is 6.44. The molecule has 1 amide bonds. The lowest BCUT2D eigenvalue weighted by atomic mass is 9.86. The molecule has 2 aromatic rings. The van der Waals surface area contributed by atoms with Gasteiger partial charge in [0.2, 0.25) is 0 Å². The molecule has 1 aliphatic rings. The maximum Gasteiger partial charge on any atom is 0.254 e. The minimum atomic E-state index is -0.233. The van der Waals surface area contributed by atoms with E-state index in [9.17, 15) is 4.79 Å². The average molecular weight is 345 g/mol. The van der Waals surface area contributed by atoms with Crippen LogP contribution >= 0.6 is 11.6 Å². The Balaban J connectivity index is 1.62. The summed E-state index contributed by atoms with van der Waals surface area (Å²) in [6.45, 7) is 7.02. The molecular formula is C19H21ClN2O2. The van der Waals surface area contributed by atoms with Crippen LogP contribution in [0.25, 0.3) is 0 Å². The molecule has 4 nitrogen and oxygen atoms in total. The molecular weight excluding hydrogens is 324 g/mol. The monoisotopic (exact) mass is 344 g/mol. The van der Waals surface area contributed by atoms with E-state index < -0.39 is 0 Å². The molecule has 2 heterocycles. The lowest BCUT2D eigenvalue weighted by molar-refractivity contribution is 0.0933. The molecule has 1 aromatic heterocycles. The van der Waals surface area contributed by atoms with Gasteiger partial charge in [-0.1, -0.05) is 44.5 Å². The van der Waals surface area contributed by atoms with Crippen LogP contribution in [-0.2, 0) is 11.8 Å². The third-order valence-corrected chi connectivity index (χ3v) is 4.46. The van der Waals surface area contributed by atoms with E-state index in [0.717, 1.165) is 12.2 Å². The summed E-state index contributed by atoms with van der Waals surface area (Å²) in [5.74, 6) is 0.671. The van der Waals surface area contributed by atoms with Crippen LogP contribution in [0.15, 0.2) is 36.5 Å². The Kier molecular flexibility index (Phi) is 4.50. The van der Waals surface area contributed by atoms with Gasteiger partial charge in [0.05, 0.1) is 12.1 Å². The van der Waals surface area contributed by atoms with Crippen LogP contribution < -0.4 is 10.1 Å². The smallest absolute Gasteiger partial charge is 0.254 e. The third kappa shape index (κ3) is 3.54. The van der Waals surface area contributed by atoms with Crippen LogP contribution in [0.5, 0.6) is 5.75 Å². The molecule has 0 saturated heterocycles. The number of nitrogens with one attached hydrogen (secondary N) is 1. The molecule has 24 heavy (non-hydrogen) atoms. The topological polar surface area (TPSA) is 51.2 Å². The van der Waals surface area contributed by atoms with Crippen molar-refractivity contribution in [3.8, 4) is 5.75 Å². The van der Waals surface area contributed by atoms with Crippen molar-refractivity contribution in [2.75, 3.05) is 6.54 Å². The maximum absolute atomic E-state index is 12.2. The van der Waals surface area contributed by atoms with Crippen LogP contribution in [-0.4, -0.2) is 23.5 Å². The number of halogens is 1. The standard InChI is InChI=1S/C19H21ClN2O2/c1-19(2,3)13-6-7-16-12(9-13)10-14(24-16)11-22-18(23)15-5-4-8-21-17(15)20/h4-9,14H,10-11H2,1-3H3,(H,22,23). The minimum Gasteiger partial charge on any atom is -0.488 e. The predicted octanol–water partition coefficient (Wildman–Crippen LogP) is 3.77. The van der Waals surface area contributed by atoms with E-state index in [1.54, 1.807) is 18.3 Å². The van der Waals surface area contributed by atoms with Gasteiger partial charge in [-0.25, -0.2) is 4.98 Å². The van der Waals surface area contributed by atoms with E-state index in [0.29, 0.717) is 12.1 Å². The highest BCUT2D eigenvalue weighted by molar-refractivity contribution is 6.32. The molecule has 1 aromatic carbocycles. The summed E-state index contributed by atoms with van der Waals surface area (Å²) in [6, 6.07) is 9.68. The number of aromatic nitrogens is 1. The molecule has 1 aliphatic heterocycles. The van der Waals surface area contributed by atoms with Crippen molar-refractivity contribution in [1.82, 2.24) is 10.3 Å². The fourth-order valence-electron chi connectivity index (χ4n) is 2.76. The van der Waals surface area contributed by atoms with Gasteiger partial charge in [-0.05, 0) is 34.7 Å². The van der Waals surface area contributed by atoms with E-state index >= 15 is 0 Å². The second-order valence-corrected chi connectivity index (χ2v) is 7.43. The number of ether oxygens (including phenoxy) is 1. The van der Waals surface area contributed by atoms with Crippen molar-refractivity contribution < 1.29 is 9.53 Å². The zero-order valence-electron chi connectivity index (χ0n) is 14.1. The number of benzene rings is 1. The highest BCUT2D eigenvalue weighted by Crippen LogP contribution is 2.33. The zero-order valence-corrected chi connectivity index (χ0v) is 14.9. The van der Waals surface area contributed by atoms with Crippen molar-refractivity contribution in [3.05, 3.63) is 58.4 Å². The van der Waals surface area contributed by atoms with Crippen LogP contribution in [0, 0.1) is 0 Å². The Hall–Kier alpha value is -2.07. The Morgan fingerprint density at radius 1 is 1.38 bits per heavy atom. The average Bonchev–Trinajstić information content (AvgIpc) is 2.94. The van der Waals surface area contributed by atoms with E-state index in [2.05, 4.69) is 43.2 Å². The SMILES string of the molecule is CC(C)(C)c1ccc2c(c1)CC(CNC(=O)c1cccnc1Cl)O2. The molecule has 0 fully saturated rings. The molecule has 3 rings (SSSR count). The van der Waals surface area contributed by atoms with Gasteiger partial charge in [0.25, 0.3) is 5.91 Å². The number of hydrogen-bond donors (Lipinski definition) is 1. The van der Waals surface area contributed by atoms with Crippen LogP contribution in [0.3, 0.4) is 0 Å². The predicted molar refractivity (Wildman–Crippen MR) is 94.8 cm³/mol.